The monoisotopic (exact) mass is 415 g/mol. The maximum Gasteiger partial charge on any atom is 0.251 e. The fourth-order valence-corrected chi connectivity index (χ4v) is 7.02. The van der Waals surface area contributed by atoms with E-state index in [1.807, 2.05) is 42.5 Å². The summed E-state index contributed by atoms with van der Waals surface area (Å²) >= 11 is 1.46. The number of nitrogens with zero attached hydrogens (tertiary/aromatic N) is 1. The third-order valence-corrected chi connectivity index (χ3v) is 7.88. The van der Waals surface area contributed by atoms with Crippen LogP contribution in [0.25, 0.3) is 0 Å². The first-order chi connectivity index (χ1) is 13.5. The number of sulfone groups is 1. The topological polar surface area (TPSA) is 87.6 Å². The molecule has 2 aliphatic heterocycles. The maximum absolute atomic E-state index is 12.4. The molecule has 2 aliphatic rings. The molecule has 0 aliphatic carbocycles. The van der Waals surface area contributed by atoms with E-state index in [4.69, 9.17) is 0 Å². The predicted octanol–water partition coefficient (Wildman–Crippen LogP) is 2.34. The Balaban J connectivity index is 1.34. The van der Waals surface area contributed by atoms with Gasteiger partial charge in [-0.2, -0.15) is 0 Å². The van der Waals surface area contributed by atoms with Crippen LogP contribution in [-0.4, -0.2) is 48.8 Å². The van der Waals surface area contributed by atoms with Crippen molar-refractivity contribution in [2.75, 3.05) is 23.4 Å². The Morgan fingerprint density at radius 1 is 1.11 bits per heavy atom. The minimum atomic E-state index is -2.96. The number of amides is 1. The first-order valence-electron chi connectivity index (χ1n) is 9.13. The highest BCUT2D eigenvalue weighted by Crippen LogP contribution is 2.34. The van der Waals surface area contributed by atoms with Gasteiger partial charge in [0.25, 0.3) is 5.91 Å². The molecule has 1 saturated heterocycles. The van der Waals surface area contributed by atoms with Gasteiger partial charge in [0.15, 0.2) is 15.0 Å². The summed E-state index contributed by atoms with van der Waals surface area (Å²) in [5.74, 6) is 0.184. The van der Waals surface area contributed by atoms with Gasteiger partial charge in [-0.1, -0.05) is 48.2 Å². The van der Waals surface area contributed by atoms with Crippen LogP contribution in [0.15, 0.2) is 59.6 Å². The lowest BCUT2D eigenvalue weighted by Gasteiger charge is -2.09. The second kappa shape index (κ2) is 7.97. The molecule has 0 radical (unpaired) electrons. The molecule has 0 saturated carbocycles. The number of anilines is 1. The summed E-state index contributed by atoms with van der Waals surface area (Å²) in [6.07, 6.45) is 0.781. The fourth-order valence-electron chi connectivity index (χ4n) is 3.34. The Morgan fingerprint density at radius 2 is 1.93 bits per heavy atom. The van der Waals surface area contributed by atoms with Crippen molar-refractivity contribution in [1.82, 2.24) is 5.32 Å². The van der Waals surface area contributed by atoms with Gasteiger partial charge in [0, 0.05) is 23.0 Å². The Hall–Kier alpha value is -2.32. The summed E-state index contributed by atoms with van der Waals surface area (Å²) < 4.78 is 23.3. The van der Waals surface area contributed by atoms with Gasteiger partial charge in [-0.25, -0.2) is 8.42 Å². The molecule has 28 heavy (non-hydrogen) atoms. The first-order valence-corrected chi connectivity index (χ1v) is 11.8. The molecule has 1 amide bonds. The van der Waals surface area contributed by atoms with Crippen molar-refractivity contribution in [3.05, 3.63) is 65.7 Å². The lowest BCUT2D eigenvalue weighted by Crippen LogP contribution is -2.25. The number of hydrogen-bond donors (Lipinski definition) is 2. The number of fused-ring (bicyclic) bond motifs is 1. The van der Waals surface area contributed by atoms with Crippen LogP contribution in [0.2, 0.25) is 0 Å². The average Bonchev–Trinajstić information content (AvgIpc) is 3.15. The van der Waals surface area contributed by atoms with E-state index in [2.05, 4.69) is 15.6 Å². The summed E-state index contributed by atoms with van der Waals surface area (Å²) in [5, 5.41) is 6.86. The minimum Gasteiger partial charge on any atom is -0.352 e. The molecule has 2 aromatic rings. The molecule has 2 aromatic carbocycles. The maximum atomic E-state index is 12.4. The second-order valence-electron chi connectivity index (χ2n) is 6.93. The zero-order valence-electron chi connectivity index (χ0n) is 15.2. The number of aliphatic imine (C=N–C) groups is 1. The van der Waals surface area contributed by atoms with E-state index in [1.54, 1.807) is 12.1 Å². The first kappa shape index (κ1) is 19.0. The van der Waals surface area contributed by atoms with Crippen molar-refractivity contribution in [2.45, 2.75) is 17.7 Å². The third kappa shape index (κ3) is 4.56. The number of hydrogen-bond acceptors (Lipinski definition) is 6. The molecule has 0 unspecified atom stereocenters. The standard InChI is InChI=1S/C20H21N3O3S2/c24-19(21-10-9-14-5-2-1-3-6-14)15-7-4-8-16(11-15)22-20-23-17-12-28(25,26)13-18(17)27-20/h1-8,11,17-18H,9-10,12-13H2,(H,21,24)(H,22,23)/t17-,18+/m0/s1. The van der Waals surface area contributed by atoms with Gasteiger partial charge in [-0.15, -0.1) is 0 Å². The predicted molar refractivity (Wildman–Crippen MR) is 114 cm³/mol. The van der Waals surface area contributed by atoms with Gasteiger partial charge in [-0.05, 0) is 30.2 Å². The second-order valence-corrected chi connectivity index (χ2v) is 10.3. The molecule has 0 bridgehead atoms. The van der Waals surface area contributed by atoms with Crippen molar-refractivity contribution in [1.29, 1.82) is 0 Å². The van der Waals surface area contributed by atoms with Crippen LogP contribution < -0.4 is 10.6 Å². The Bertz CT molecular complexity index is 1010. The van der Waals surface area contributed by atoms with Crippen molar-refractivity contribution in [3.8, 4) is 0 Å². The number of carbonyl (C=O) groups is 1. The minimum absolute atomic E-state index is 0.00281. The van der Waals surface area contributed by atoms with E-state index in [0.717, 1.165) is 12.1 Å². The van der Waals surface area contributed by atoms with E-state index in [9.17, 15) is 13.2 Å². The summed E-state index contributed by atoms with van der Waals surface area (Å²) in [5.41, 5.74) is 2.52. The van der Waals surface area contributed by atoms with Crippen molar-refractivity contribution >= 4 is 38.4 Å². The zero-order chi connectivity index (χ0) is 19.6. The van der Waals surface area contributed by atoms with Gasteiger partial charge in [-0.3, -0.25) is 9.79 Å². The molecule has 146 valence electrons. The summed E-state index contributed by atoms with van der Waals surface area (Å²) in [6, 6.07) is 17.1. The molecule has 1 fully saturated rings. The highest BCUT2D eigenvalue weighted by atomic mass is 32.2. The molecule has 2 heterocycles. The van der Waals surface area contributed by atoms with Gasteiger partial charge in [0.05, 0.1) is 17.5 Å². The molecule has 0 aromatic heterocycles. The largest absolute Gasteiger partial charge is 0.352 e. The average molecular weight is 416 g/mol. The van der Waals surface area contributed by atoms with Gasteiger partial charge in [0.2, 0.25) is 0 Å². The number of amidine groups is 1. The van der Waals surface area contributed by atoms with Crippen LogP contribution in [0.1, 0.15) is 15.9 Å². The van der Waals surface area contributed by atoms with Crippen LogP contribution >= 0.6 is 11.8 Å². The summed E-state index contributed by atoms with van der Waals surface area (Å²) in [4.78, 5) is 16.9. The quantitative estimate of drug-likeness (QED) is 0.783. The van der Waals surface area contributed by atoms with E-state index >= 15 is 0 Å². The third-order valence-electron chi connectivity index (χ3n) is 4.74. The summed E-state index contributed by atoms with van der Waals surface area (Å²) in [7, 11) is -2.96. The number of rotatable bonds is 5. The van der Waals surface area contributed by atoms with Crippen LogP contribution in [0.4, 0.5) is 5.69 Å². The molecule has 8 heteroatoms. The number of thioether (sulfide) groups is 1. The van der Waals surface area contributed by atoms with E-state index in [0.29, 0.717) is 17.3 Å². The van der Waals surface area contributed by atoms with Gasteiger partial charge < -0.3 is 10.6 Å². The Labute approximate surface area is 168 Å². The molecular weight excluding hydrogens is 394 g/mol. The SMILES string of the molecule is O=C(NCCc1ccccc1)c1cccc(NC2=N[C@H]3CS(=O)(=O)C[C@H]3S2)c1. The van der Waals surface area contributed by atoms with Gasteiger partial charge >= 0.3 is 0 Å². The molecule has 4 rings (SSSR count). The molecular formula is C20H21N3O3S2. The van der Waals surface area contributed by atoms with Crippen molar-refractivity contribution < 1.29 is 13.2 Å². The van der Waals surface area contributed by atoms with Crippen molar-refractivity contribution in [3.63, 3.8) is 0 Å². The lowest BCUT2D eigenvalue weighted by atomic mass is 10.1. The van der Waals surface area contributed by atoms with E-state index in [1.165, 1.54) is 17.3 Å². The smallest absolute Gasteiger partial charge is 0.251 e. The van der Waals surface area contributed by atoms with E-state index in [-0.39, 0.29) is 28.7 Å². The molecule has 0 spiro atoms. The number of benzene rings is 2. The fraction of sp³-hybridized carbons (Fsp3) is 0.300. The normalized spacial score (nSPS) is 22.4. The Morgan fingerprint density at radius 3 is 2.71 bits per heavy atom. The van der Waals surface area contributed by atoms with Gasteiger partial charge in [0.1, 0.15) is 0 Å². The summed E-state index contributed by atoms with van der Waals surface area (Å²) in [6.45, 7) is 0.570. The lowest BCUT2D eigenvalue weighted by molar-refractivity contribution is 0.0954. The number of nitrogens with one attached hydrogen (secondary N) is 2. The molecule has 6 nitrogen and oxygen atoms in total. The van der Waals surface area contributed by atoms with Crippen LogP contribution in [-0.2, 0) is 16.3 Å². The Kier molecular flexibility index (Phi) is 5.41. The molecule has 2 atom stereocenters. The highest BCUT2D eigenvalue weighted by molar-refractivity contribution is 8.15. The van der Waals surface area contributed by atoms with Crippen LogP contribution in [0, 0.1) is 0 Å². The van der Waals surface area contributed by atoms with Crippen LogP contribution in [0.3, 0.4) is 0 Å². The molecule has 2 N–H and O–H groups in total. The van der Waals surface area contributed by atoms with E-state index < -0.39 is 9.84 Å². The highest BCUT2D eigenvalue weighted by Gasteiger charge is 2.42. The van der Waals surface area contributed by atoms with Crippen molar-refractivity contribution in [2.24, 2.45) is 4.99 Å². The number of carbonyl (C=O) groups excluding carboxylic acids is 1. The zero-order valence-corrected chi connectivity index (χ0v) is 16.8. The van der Waals surface area contributed by atoms with Crippen LogP contribution in [0.5, 0.6) is 0 Å².